The lowest BCUT2D eigenvalue weighted by Gasteiger charge is -2.39. The lowest BCUT2D eigenvalue weighted by molar-refractivity contribution is -0.131. The molecule has 2 aliphatic heterocycles. The number of likely N-dealkylation sites (tertiary alicyclic amines) is 1. The van der Waals surface area contributed by atoms with Gasteiger partial charge in [0.25, 0.3) is 0 Å². The zero-order valence-electron chi connectivity index (χ0n) is 14.7. The molecule has 1 unspecified atom stereocenters. The molecule has 136 valence electrons. The zero-order valence-corrected chi connectivity index (χ0v) is 16.3. The Morgan fingerprint density at radius 1 is 1.04 bits per heavy atom. The zero-order chi connectivity index (χ0) is 17.9. The molecule has 2 heterocycles. The van der Waals surface area contributed by atoms with Crippen molar-refractivity contribution in [1.29, 1.82) is 0 Å². The van der Waals surface area contributed by atoms with Gasteiger partial charge in [-0.25, -0.2) is 0 Å². The van der Waals surface area contributed by atoms with E-state index in [9.17, 15) is 4.79 Å². The van der Waals surface area contributed by atoms with Gasteiger partial charge in [-0.05, 0) is 36.1 Å². The monoisotopic (exact) mass is 386 g/mol. The summed E-state index contributed by atoms with van der Waals surface area (Å²) in [5, 5.41) is 0.840. The van der Waals surface area contributed by atoms with Gasteiger partial charge in [0.1, 0.15) is 5.37 Å². The second kappa shape index (κ2) is 8.03. The Hall–Kier alpha value is -1.49. The molecule has 5 heteroatoms. The lowest BCUT2D eigenvalue weighted by atomic mass is 10.0. The first-order chi connectivity index (χ1) is 12.7. The largest absolute Gasteiger partial charge is 0.323 e. The summed E-state index contributed by atoms with van der Waals surface area (Å²) >= 11 is 7.89. The molecule has 0 N–H and O–H groups in total. The van der Waals surface area contributed by atoms with Crippen molar-refractivity contribution in [2.45, 2.75) is 30.8 Å². The summed E-state index contributed by atoms with van der Waals surface area (Å²) in [5.74, 6) is 0.836. The molecule has 0 spiro atoms. The van der Waals surface area contributed by atoms with Crippen LogP contribution in [0.4, 0.5) is 0 Å². The number of thioether (sulfide) groups is 1. The number of benzene rings is 2. The number of amides is 1. The summed E-state index contributed by atoms with van der Waals surface area (Å²) < 4.78 is 0. The molecule has 26 heavy (non-hydrogen) atoms. The molecule has 2 aliphatic rings. The van der Waals surface area contributed by atoms with E-state index in [1.807, 2.05) is 18.2 Å². The number of carbonyl (C=O) groups excluding carboxylic acids is 1. The number of nitrogens with zero attached hydrogens (tertiary/aromatic N) is 2. The van der Waals surface area contributed by atoms with E-state index < -0.39 is 0 Å². The number of halogens is 1. The maximum atomic E-state index is 12.6. The van der Waals surface area contributed by atoms with Gasteiger partial charge in [-0.3, -0.25) is 9.69 Å². The van der Waals surface area contributed by atoms with Gasteiger partial charge in [0, 0.05) is 30.7 Å². The minimum Gasteiger partial charge on any atom is -0.323 e. The van der Waals surface area contributed by atoms with Crippen molar-refractivity contribution in [2.75, 3.05) is 18.8 Å². The second-order valence-electron chi connectivity index (χ2n) is 7.01. The Morgan fingerprint density at radius 2 is 1.81 bits per heavy atom. The number of rotatable bonds is 4. The highest BCUT2D eigenvalue weighted by atomic mass is 35.5. The van der Waals surface area contributed by atoms with E-state index in [0.717, 1.165) is 43.1 Å². The quantitative estimate of drug-likeness (QED) is 0.768. The molecule has 0 saturated carbocycles. The van der Waals surface area contributed by atoms with Crippen LogP contribution in [-0.4, -0.2) is 40.6 Å². The first-order valence-corrected chi connectivity index (χ1v) is 10.6. The highest BCUT2D eigenvalue weighted by molar-refractivity contribution is 8.00. The first-order valence-electron chi connectivity index (χ1n) is 9.15. The number of piperidine rings is 1. The molecule has 0 radical (unpaired) electrons. The predicted molar refractivity (Wildman–Crippen MR) is 108 cm³/mol. The van der Waals surface area contributed by atoms with Gasteiger partial charge in [-0.1, -0.05) is 54.1 Å². The van der Waals surface area contributed by atoms with Crippen LogP contribution >= 0.6 is 23.4 Å². The fourth-order valence-electron chi connectivity index (χ4n) is 3.95. The van der Waals surface area contributed by atoms with Crippen LogP contribution < -0.4 is 0 Å². The molecule has 0 aliphatic carbocycles. The van der Waals surface area contributed by atoms with E-state index >= 15 is 0 Å². The molecule has 0 aromatic heterocycles. The van der Waals surface area contributed by atoms with Crippen molar-refractivity contribution in [3.63, 3.8) is 0 Å². The normalized spacial score (nSPS) is 22.1. The molecule has 2 fully saturated rings. The summed E-state index contributed by atoms with van der Waals surface area (Å²) in [6.07, 6.45) is 2.08. The van der Waals surface area contributed by atoms with E-state index in [4.69, 9.17) is 11.6 Å². The fourth-order valence-corrected chi connectivity index (χ4v) is 5.38. The smallest absolute Gasteiger partial charge is 0.234 e. The van der Waals surface area contributed by atoms with E-state index in [2.05, 4.69) is 46.2 Å². The SMILES string of the molecule is O=C1CSC(c2cccc(Cl)c2)N1C1CCN(Cc2ccccc2)CC1. The van der Waals surface area contributed by atoms with Crippen LogP contribution in [-0.2, 0) is 11.3 Å². The number of hydrogen-bond acceptors (Lipinski definition) is 3. The molecule has 1 amide bonds. The van der Waals surface area contributed by atoms with E-state index in [0.29, 0.717) is 11.8 Å². The Bertz CT molecular complexity index is 762. The molecule has 2 saturated heterocycles. The van der Waals surface area contributed by atoms with Crippen molar-refractivity contribution >= 4 is 29.3 Å². The van der Waals surface area contributed by atoms with Crippen molar-refractivity contribution in [2.24, 2.45) is 0 Å². The standard InChI is InChI=1S/C21H23ClN2OS/c22-18-8-4-7-17(13-18)21-24(20(25)15-26-21)19-9-11-23(12-10-19)14-16-5-2-1-3-6-16/h1-8,13,19,21H,9-12,14-15H2. The Kier molecular flexibility index (Phi) is 5.53. The summed E-state index contributed by atoms with van der Waals surface area (Å²) in [6, 6.07) is 18.9. The minimum absolute atomic E-state index is 0.104. The van der Waals surface area contributed by atoms with Crippen molar-refractivity contribution in [3.05, 3.63) is 70.7 Å². The van der Waals surface area contributed by atoms with Crippen LogP contribution in [0.15, 0.2) is 54.6 Å². The van der Waals surface area contributed by atoms with E-state index in [1.165, 1.54) is 5.56 Å². The van der Waals surface area contributed by atoms with Crippen LogP contribution in [0.2, 0.25) is 5.02 Å². The second-order valence-corrected chi connectivity index (χ2v) is 8.52. The topological polar surface area (TPSA) is 23.6 Å². The Balaban J connectivity index is 1.41. The van der Waals surface area contributed by atoms with Gasteiger partial charge >= 0.3 is 0 Å². The van der Waals surface area contributed by atoms with Crippen LogP contribution in [0.1, 0.15) is 29.3 Å². The summed E-state index contributed by atoms with van der Waals surface area (Å²) in [7, 11) is 0. The average molecular weight is 387 g/mol. The van der Waals surface area contributed by atoms with Crippen LogP contribution in [0.3, 0.4) is 0 Å². The van der Waals surface area contributed by atoms with E-state index in [-0.39, 0.29) is 11.3 Å². The first kappa shape index (κ1) is 17.9. The number of carbonyl (C=O) groups is 1. The van der Waals surface area contributed by atoms with Gasteiger partial charge in [-0.2, -0.15) is 0 Å². The molecule has 0 bridgehead atoms. The van der Waals surface area contributed by atoms with Gasteiger partial charge in [0.05, 0.1) is 5.75 Å². The van der Waals surface area contributed by atoms with Crippen LogP contribution in [0, 0.1) is 0 Å². The Morgan fingerprint density at radius 3 is 2.54 bits per heavy atom. The third kappa shape index (κ3) is 3.93. The highest BCUT2D eigenvalue weighted by Gasteiger charge is 2.38. The minimum atomic E-state index is 0.104. The lowest BCUT2D eigenvalue weighted by Crippen LogP contribution is -2.46. The fraction of sp³-hybridized carbons (Fsp3) is 0.381. The molecular weight excluding hydrogens is 364 g/mol. The molecule has 1 atom stereocenters. The molecule has 3 nitrogen and oxygen atoms in total. The van der Waals surface area contributed by atoms with Crippen LogP contribution in [0.25, 0.3) is 0 Å². The van der Waals surface area contributed by atoms with Crippen LogP contribution in [0.5, 0.6) is 0 Å². The Labute approximate surface area is 164 Å². The highest BCUT2D eigenvalue weighted by Crippen LogP contribution is 2.42. The summed E-state index contributed by atoms with van der Waals surface area (Å²) in [5.41, 5.74) is 2.50. The summed E-state index contributed by atoms with van der Waals surface area (Å²) in [6.45, 7) is 3.07. The van der Waals surface area contributed by atoms with E-state index in [1.54, 1.807) is 11.8 Å². The molecule has 4 rings (SSSR count). The number of hydrogen-bond donors (Lipinski definition) is 0. The third-order valence-electron chi connectivity index (χ3n) is 5.24. The van der Waals surface area contributed by atoms with Crippen molar-refractivity contribution in [3.8, 4) is 0 Å². The molecule has 2 aromatic carbocycles. The average Bonchev–Trinajstić information content (AvgIpc) is 3.05. The predicted octanol–water partition coefficient (Wildman–Crippen LogP) is 4.58. The maximum absolute atomic E-state index is 12.6. The maximum Gasteiger partial charge on any atom is 0.234 e. The van der Waals surface area contributed by atoms with Gasteiger partial charge < -0.3 is 4.90 Å². The molecule has 2 aromatic rings. The molecular formula is C21H23ClN2OS. The van der Waals surface area contributed by atoms with Gasteiger partial charge in [0.2, 0.25) is 5.91 Å². The van der Waals surface area contributed by atoms with Crippen molar-refractivity contribution in [1.82, 2.24) is 9.80 Å². The third-order valence-corrected chi connectivity index (χ3v) is 6.70. The summed E-state index contributed by atoms with van der Waals surface area (Å²) in [4.78, 5) is 17.2. The van der Waals surface area contributed by atoms with Gasteiger partial charge in [0.15, 0.2) is 0 Å². The van der Waals surface area contributed by atoms with Gasteiger partial charge in [-0.15, -0.1) is 11.8 Å². The van der Waals surface area contributed by atoms with Crippen molar-refractivity contribution < 1.29 is 4.79 Å².